The molecule has 0 saturated carbocycles. The normalized spacial score (nSPS) is 28.9. The van der Waals surface area contributed by atoms with Gasteiger partial charge >= 0.3 is 6.03 Å². The number of amides is 3. The summed E-state index contributed by atoms with van der Waals surface area (Å²) in [5.41, 5.74) is 5.47. The first-order chi connectivity index (χ1) is 10.9. The third-order valence-corrected chi connectivity index (χ3v) is 6.71. The van der Waals surface area contributed by atoms with E-state index in [9.17, 15) is 9.59 Å². The quantitative estimate of drug-likeness (QED) is 0.394. The fraction of sp³-hybridized carbons (Fsp3) is 0.875. The van der Waals surface area contributed by atoms with Crippen molar-refractivity contribution in [1.29, 1.82) is 0 Å². The van der Waals surface area contributed by atoms with E-state index in [2.05, 4.69) is 29.8 Å². The molecule has 23 heavy (non-hydrogen) atoms. The Labute approximate surface area is 143 Å². The van der Waals surface area contributed by atoms with Crippen LogP contribution >= 0.6 is 11.8 Å². The zero-order chi connectivity index (χ0) is 17.0. The molecule has 0 radical (unpaired) electrons. The maximum atomic E-state index is 12.1. The molecule has 1 unspecified atom stereocenters. The molecule has 2 aliphatic heterocycles. The number of unbranched alkanes of at least 4 members (excludes halogenated alkanes) is 1. The molecule has 2 saturated heterocycles. The molecule has 2 aliphatic rings. The highest BCUT2D eigenvalue weighted by molar-refractivity contribution is 8.00. The first-order valence-electron chi connectivity index (χ1n) is 8.55. The van der Waals surface area contributed by atoms with Crippen molar-refractivity contribution in [2.45, 2.75) is 69.3 Å². The molecule has 5 N–H and O–H groups in total. The number of thioether (sulfide) groups is 1. The Hall–Kier alpha value is -0.950. The molecule has 0 spiro atoms. The van der Waals surface area contributed by atoms with Crippen molar-refractivity contribution < 1.29 is 9.59 Å². The van der Waals surface area contributed by atoms with Gasteiger partial charge in [0.1, 0.15) is 0 Å². The van der Waals surface area contributed by atoms with E-state index in [4.69, 9.17) is 5.73 Å². The summed E-state index contributed by atoms with van der Waals surface area (Å²) in [6, 6.07) is 0.485. The monoisotopic (exact) mass is 342 g/mol. The predicted molar refractivity (Wildman–Crippen MR) is 94.4 cm³/mol. The minimum Gasteiger partial charge on any atom is -0.349 e. The van der Waals surface area contributed by atoms with Crippen molar-refractivity contribution in [2.24, 2.45) is 11.7 Å². The van der Waals surface area contributed by atoms with Gasteiger partial charge in [-0.1, -0.05) is 20.3 Å². The number of carbonyl (C=O) groups excluding carboxylic acids is 2. The molecule has 0 aromatic heterocycles. The summed E-state index contributed by atoms with van der Waals surface area (Å²) in [7, 11) is 0. The summed E-state index contributed by atoms with van der Waals surface area (Å²) in [5, 5.41) is 9.50. The molecule has 0 aliphatic carbocycles. The van der Waals surface area contributed by atoms with E-state index >= 15 is 0 Å². The number of nitrogens with two attached hydrogens (primary N) is 1. The van der Waals surface area contributed by atoms with Crippen molar-refractivity contribution in [3.05, 3.63) is 0 Å². The highest BCUT2D eigenvalue weighted by atomic mass is 32.2. The van der Waals surface area contributed by atoms with Crippen LogP contribution in [0.25, 0.3) is 0 Å². The van der Waals surface area contributed by atoms with Crippen LogP contribution in [0.1, 0.15) is 46.5 Å². The van der Waals surface area contributed by atoms with Gasteiger partial charge in [0.05, 0.1) is 17.6 Å². The van der Waals surface area contributed by atoms with Gasteiger partial charge in [-0.3, -0.25) is 4.79 Å². The van der Waals surface area contributed by atoms with E-state index < -0.39 is 0 Å². The van der Waals surface area contributed by atoms with Crippen LogP contribution in [0.5, 0.6) is 0 Å². The first-order valence-corrected chi connectivity index (χ1v) is 9.60. The molecule has 2 fully saturated rings. The minimum absolute atomic E-state index is 0.0422. The van der Waals surface area contributed by atoms with Crippen molar-refractivity contribution in [1.82, 2.24) is 16.0 Å². The molecular weight excluding hydrogens is 312 g/mol. The number of nitrogens with one attached hydrogen (secondary N) is 3. The van der Waals surface area contributed by atoms with E-state index in [0.717, 1.165) is 25.0 Å². The van der Waals surface area contributed by atoms with Gasteiger partial charge in [0.25, 0.3) is 0 Å². The number of hydrogen-bond acceptors (Lipinski definition) is 4. The largest absolute Gasteiger partial charge is 0.349 e. The lowest BCUT2D eigenvalue weighted by atomic mass is 9.88. The van der Waals surface area contributed by atoms with Gasteiger partial charge in [-0.2, -0.15) is 11.8 Å². The van der Waals surface area contributed by atoms with Crippen molar-refractivity contribution in [3.63, 3.8) is 0 Å². The molecule has 6 nitrogen and oxygen atoms in total. The molecule has 3 amide bonds. The van der Waals surface area contributed by atoms with Gasteiger partial charge in [-0.15, -0.1) is 0 Å². The molecule has 7 heteroatoms. The number of carbonyl (C=O) groups is 2. The standard InChI is InChI=1S/C16H30N4O2S/c1-10(2)16(3,9-17)20-13(21)7-5-4-6-12-14-11(8-23-12)18-15(22)19-14/h10-12,14H,4-9,17H2,1-3H3,(H,20,21)(H2,18,19,22)/t11-,12-,14-,16?/m0/s1. The molecule has 0 aromatic rings. The lowest BCUT2D eigenvalue weighted by Crippen LogP contribution is -2.54. The van der Waals surface area contributed by atoms with Gasteiger partial charge < -0.3 is 21.7 Å². The zero-order valence-corrected chi connectivity index (χ0v) is 15.2. The van der Waals surface area contributed by atoms with Gasteiger partial charge in [-0.25, -0.2) is 4.79 Å². The fourth-order valence-corrected chi connectivity index (χ4v) is 4.63. The van der Waals surface area contributed by atoms with Gasteiger partial charge in [-0.05, 0) is 25.7 Å². The zero-order valence-electron chi connectivity index (χ0n) is 14.4. The third-order valence-electron chi connectivity index (χ3n) is 5.20. The molecule has 0 bridgehead atoms. The second-order valence-corrected chi connectivity index (χ2v) is 8.46. The Morgan fingerprint density at radius 2 is 2.17 bits per heavy atom. The maximum absolute atomic E-state index is 12.1. The lowest BCUT2D eigenvalue weighted by molar-refractivity contribution is -0.123. The fourth-order valence-electron chi connectivity index (χ4n) is 3.09. The Balaban J connectivity index is 1.66. The smallest absolute Gasteiger partial charge is 0.315 e. The summed E-state index contributed by atoms with van der Waals surface area (Å²) in [6.45, 7) is 6.60. The van der Waals surface area contributed by atoms with E-state index in [1.54, 1.807) is 0 Å². The molecule has 2 rings (SSSR count). The molecule has 132 valence electrons. The van der Waals surface area contributed by atoms with Crippen LogP contribution in [0.2, 0.25) is 0 Å². The minimum atomic E-state index is -0.328. The second-order valence-electron chi connectivity index (χ2n) is 7.19. The Bertz CT molecular complexity index is 446. The topological polar surface area (TPSA) is 96.2 Å². The molecule has 4 atom stereocenters. The van der Waals surface area contributed by atoms with Crippen LogP contribution in [0, 0.1) is 5.92 Å². The van der Waals surface area contributed by atoms with Gasteiger partial charge in [0.2, 0.25) is 5.91 Å². The first kappa shape index (κ1) is 18.4. The van der Waals surface area contributed by atoms with Crippen LogP contribution in [0.15, 0.2) is 0 Å². The number of hydrogen-bond donors (Lipinski definition) is 4. The molecular formula is C16H30N4O2S. The van der Waals surface area contributed by atoms with Crippen LogP contribution in [-0.2, 0) is 4.79 Å². The summed E-state index contributed by atoms with van der Waals surface area (Å²) in [5.74, 6) is 1.37. The van der Waals surface area contributed by atoms with Crippen LogP contribution in [0.3, 0.4) is 0 Å². The molecule has 0 aromatic carbocycles. The predicted octanol–water partition coefficient (Wildman–Crippen LogP) is 1.20. The van der Waals surface area contributed by atoms with Crippen molar-refractivity contribution >= 4 is 23.7 Å². The average Bonchev–Trinajstić information content (AvgIpc) is 3.03. The average molecular weight is 343 g/mol. The van der Waals surface area contributed by atoms with Crippen molar-refractivity contribution in [3.8, 4) is 0 Å². The van der Waals surface area contributed by atoms with Crippen molar-refractivity contribution in [2.75, 3.05) is 12.3 Å². The number of rotatable bonds is 8. The summed E-state index contributed by atoms with van der Waals surface area (Å²) in [6.07, 6.45) is 3.46. The van der Waals surface area contributed by atoms with Gasteiger partial charge in [0, 0.05) is 24.0 Å². The lowest BCUT2D eigenvalue weighted by Gasteiger charge is -2.33. The summed E-state index contributed by atoms with van der Waals surface area (Å²) < 4.78 is 0. The summed E-state index contributed by atoms with van der Waals surface area (Å²) in [4.78, 5) is 23.4. The highest BCUT2D eigenvalue weighted by Crippen LogP contribution is 2.33. The van der Waals surface area contributed by atoms with Crippen LogP contribution < -0.4 is 21.7 Å². The number of urea groups is 1. The highest BCUT2D eigenvalue weighted by Gasteiger charge is 2.42. The van der Waals surface area contributed by atoms with Crippen LogP contribution in [-0.4, -0.2) is 47.1 Å². The number of fused-ring (bicyclic) bond motifs is 1. The van der Waals surface area contributed by atoms with E-state index in [0.29, 0.717) is 24.1 Å². The Morgan fingerprint density at radius 3 is 2.83 bits per heavy atom. The van der Waals surface area contributed by atoms with E-state index in [1.807, 2.05) is 18.7 Å². The maximum Gasteiger partial charge on any atom is 0.315 e. The Morgan fingerprint density at radius 1 is 1.43 bits per heavy atom. The van der Waals surface area contributed by atoms with E-state index in [-0.39, 0.29) is 29.6 Å². The summed E-state index contributed by atoms with van der Waals surface area (Å²) >= 11 is 1.92. The Kier molecular flexibility index (Phi) is 6.19. The van der Waals surface area contributed by atoms with Crippen LogP contribution in [0.4, 0.5) is 4.79 Å². The van der Waals surface area contributed by atoms with Gasteiger partial charge in [0.15, 0.2) is 0 Å². The SMILES string of the molecule is CC(C)C(C)(CN)NC(=O)CCCC[C@@H]1SC[C@@H]2NC(=O)N[C@@H]21. The molecule has 2 heterocycles. The third kappa shape index (κ3) is 4.53. The van der Waals surface area contributed by atoms with E-state index in [1.165, 1.54) is 0 Å². The second kappa shape index (κ2) is 7.75.